The van der Waals surface area contributed by atoms with Gasteiger partial charge >= 0.3 is 0 Å². The predicted octanol–water partition coefficient (Wildman–Crippen LogP) is 3.19. The van der Waals surface area contributed by atoms with Crippen LogP contribution in [-0.2, 0) is 5.41 Å². The van der Waals surface area contributed by atoms with Crippen LogP contribution in [0.5, 0.6) is 0 Å². The minimum absolute atomic E-state index is 0.175. The predicted molar refractivity (Wildman–Crippen MR) is 86.8 cm³/mol. The summed E-state index contributed by atoms with van der Waals surface area (Å²) in [5.41, 5.74) is 6.34. The van der Waals surface area contributed by atoms with Crippen LogP contribution in [0.2, 0.25) is 0 Å². The number of nitrogens with one attached hydrogen (secondary N) is 2. The van der Waals surface area contributed by atoms with Gasteiger partial charge in [0.05, 0.1) is 5.71 Å². The highest BCUT2D eigenvalue weighted by Gasteiger charge is 2.13. The standard InChI is InChI=1S/C15H23N3S/c1-6-16-14(19)18-17-11(2)12-7-9-13(10-8-12)15(3,4)5/h7-10H,6H2,1-5H3,(H2,16,18,19)/b17-11-. The number of hydrogen-bond acceptors (Lipinski definition) is 2. The molecule has 0 bridgehead atoms. The van der Waals surface area contributed by atoms with Crippen LogP contribution in [0.3, 0.4) is 0 Å². The Bertz CT molecular complexity index is 455. The van der Waals surface area contributed by atoms with Crippen molar-refractivity contribution in [3.05, 3.63) is 35.4 Å². The average Bonchev–Trinajstić information content (AvgIpc) is 2.35. The van der Waals surface area contributed by atoms with Crippen LogP contribution < -0.4 is 10.7 Å². The molecule has 1 aromatic rings. The number of hydrogen-bond donors (Lipinski definition) is 2. The fraction of sp³-hybridized carbons (Fsp3) is 0.467. The zero-order chi connectivity index (χ0) is 14.5. The van der Waals surface area contributed by atoms with Gasteiger partial charge < -0.3 is 5.32 Å². The monoisotopic (exact) mass is 277 g/mol. The third-order valence-corrected chi connectivity index (χ3v) is 3.07. The Labute approximate surface area is 121 Å². The van der Waals surface area contributed by atoms with Gasteiger partial charge in [0, 0.05) is 6.54 Å². The molecule has 0 aliphatic heterocycles. The third-order valence-electron chi connectivity index (χ3n) is 2.83. The lowest BCUT2D eigenvalue weighted by molar-refractivity contribution is 0.590. The molecule has 0 spiro atoms. The Kier molecular flexibility index (Phi) is 5.48. The van der Waals surface area contributed by atoms with E-state index < -0.39 is 0 Å². The van der Waals surface area contributed by atoms with E-state index in [0.717, 1.165) is 17.8 Å². The maximum Gasteiger partial charge on any atom is 0.186 e. The zero-order valence-corrected chi connectivity index (χ0v) is 13.2. The van der Waals surface area contributed by atoms with Crippen LogP contribution >= 0.6 is 12.2 Å². The zero-order valence-electron chi connectivity index (χ0n) is 12.4. The van der Waals surface area contributed by atoms with Gasteiger partial charge in [0.2, 0.25) is 0 Å². The number of hydrazone groups is 1. The van der Waals surface area contributed by atoms with Crippen molar-refractivity contribution in [3.8, 4) is 0 Å². The van der Waals surface area contributed by atoms with Crippen molar-refractivity contribution in [1.29, 1.82) is 0 Å². The van der Waals surface area contributed by atoms with Gasteiger partial charge in [-0.1, -0.05) is 45.0 Å². The molecule has 0 heterocycles. The average molecular weight is 277 g/mol. The van der Waals surface area contributed by atoms with E-state index in [1.165, 1.54) is 5.56 Å². The van der Waals surface area contributed by atoms with Gasteiger partial charge in [-0.25, -0.2) is 0 Å². The first-order valence-corrected chi connectivity index (χ1v) is 6.94. The number of benzene rings is 1. The Morgan fingerprint density at radius 2 is 1.79 bits per heavy atom. The van der Waals surface area contributed by atoms with Gasteiger partial charge in [0.25, 0.3) is 0 Å². The summed E-state index contributed by atoms with van der Waals surface area (Å²) in [7, 11) is 0. The van der Waals surface area contributed by atoms with E-state index in [4.69, 9.17) is 12.2 Å². The number of nitrogens with zero attached hydrogens (tertiary/aromatic N) is 1. The molecule has 0 saturated carbocycles. The maximum atomic E-state index is 5.06. The van der Waals surface area contributed by atoms with Gasteiger partial charge in [-0.2, -0.15) is 5.10 Å². The molecule has 4 heteroatoms. The molecule has 0 saturated heterocycles. The van der Waals surface area contributed by atoms with Gasteiger partial charge in [-0.15, -0.1) is 0 Å². The van der Waals surface area contributed by atoms with Crippen LogP contribution in [0.4, 0.5) is 0 Å². The molecule has 0 amide bonds. The summed E-state index contributed by atoms with van der Waals surface area (Å²) >= 11 is 5.06. The van der Waals surface area contributed by atoms with Crippen molar-refractivity contribution in [1.82, 2.24) is 10.7 Å². The van der Waals surface area contributed by atoms with Crippen molar-refractivity contribution in [3.63, 3.8) is 0 Å². The molecule has 0 aromatic heterocycles. The highest BCUT2D eigenvalue weighted by molar-refractivity contribution is 7.80. The summed E-state index contributed by atoms with van der Waals surface area (Å²) in [5, 5.41) is 7.81. The molecule has 2 N–H and O–H groups in total. The smallest absolute Gasteiger partial charge is 0.186 e. The molecule has 0 atom stereocenters. The highest BCUT2D eigenvalue weighted by atomic mass is 32.1. The summed E-state index contributed by atoms with van der Waals surface area (Å²) < 4.78 is 0. The lowest BCUT2D eigenvalue weighted by Gasteiger charge is -2.19. The van der Waals surface area contributed by atoms with Gasteiger partial charge in [0.1, 0.15) is 0 Å². The summed E-state index contributed by atoms with van der Waals surface area (Å²) in [6, 6.07) is 8.49. The first kappa shape index (κ1) is 15.6. The Balaban J connectivity index is 2.75. The summed E-state index contributed by atoms with van der Waals surface area (Å²) in [6.45, 7) is 11.4. The maximum absolute atomic E-state index is 5.06. The quantitative estimate of drug-likeness (QED) is 0.506. The first-order valence-electron chi connectivity index (χ1n) is 6.53. The molecule has 0 unspecified atom stereocenters. The molecule has 0 radical (unpaired) electrons. The van der Waals surface area contributed by atoms with Crippen molar-refractivity contribution in [2.45, 2.75) is 40.0 Å². The molecule has 0 aliphatic carbocycles. The van der Waals surface area contributed by atoms with E-state index in [1.54, 1.807) is 0 Å². The van der Waals surface area contributed by atoms with Crippen LogP contribution in [0, 0.1) is 0 Å². The second kappa shape index (κ2) is 6.66. The van der Waals surface area contributed by atoms with E-state index in [0.29, 0.717) is 5.11 Å². The highest BCUT2D eigenvalue weighted by Crippen LogP contribution is 2.22. The van der Waals surface area contributed by atoms with Crippen molar-refractivity contribution >= 4 is 23.0 Å². The number of rotatable bonds is 3. The topological polar surface area (TPSA) is 36.4 Å². The summed E-state index contributed by atoms with van der Waals surface area (Å²) in [4.78, 5) is 0. The van der Waals surface area contributed by atoms with E-state index in [9.17, 15) is 0 Å². The third kappa shape index (κ3) is 4.99. The molecule has 0 fully saturated rings. The van der Waals surface area contributed by atoms with Crippen LogP contribution in [-0.4, -0.2) is 17.4 Å². The largest absolute Gasteiger partial charge is 0.362 e. The minimum atomic E-state index is 0.175. The molecule has 0 aliphatic rings. The summed E-state index contributed by atoms with van der Waals surface area (Å²) in [5.74, 6) is 0. The van der Waals surface area contributed by atoms with Crippen LogP contribution in [0.15, 0.2) is 29.4 Å². The molecule has 1 rings (SSSR count). The molecular weight excluding hydrogens is 254 g/mol. The van der Waals surface area contributed by atoms with E-state index in [-0.39, 0.29) is 5.41 Å². The Morgan fingerprint density at radius 1 is 1.21 bits per heavy atom. The van der Waals surface area contributed by atoms with E-state index in [1.807, 2.05) is 13.8 Å². The molecule has 3 nitrogen and oxygen atoms in total. The lowest BCUT2D eigenvalue weighted by Crippen LogP contribution is -2.32. The minimum Gasteiger partial charge on any atom is -0.362 e. The van der Waals surface area contributed by atoms with Crippen molar-refractivity contribution in [2.24, 2.45) is 5.10 Å². The normalized spacial score (nSPS) is 12.2. The molecular formula is C15H23N3S. The van der Waals surface area contributed by atoms with Gasteiger partial charge in [-0.3, -0.25) is 5.43 Å². The van der Waals surface area contributed by atoms with Crippen molar-refractivity contribution < 1.29 is 0 Å². The molecule has 1 aromatic carbocycles. The van der Waals surface area contributed by atoms with E-state index in [2.05, 4.69) is 60.9 Å². The fourth-order valence-electron chi connectivity index (χ4n) is 1.61. The van der Waals surface area contributed by atoms with Crippen LogP contribution in [0.1, 0.15) is 45.7 Å². The first-order chi connectivity index (χ1) is 8.84. The van der Waals surface area contributed by atoms with Crippen LogP contribution in [0.25, 0.3) is 0 Å². The Hall–Kier alpha value is -1.42. The SMILES string of the molecule is CCNC(=S)N/N=C(/C)c1ccc(C(C)(C)C)cc1. The molecule has 19 heavy (non-hydrogen) atoms. The second-order valence-corrected chi connectivity index (χ2v) is 5.90. The van der Waals surface area contributed by atoms with E-state index >= 15 is 0 Å². The lowest BCUT2D eigenvalue weighted by atomic mass is 9.86. The number of thiocarbonyl (C=S) groups is 1. The Morgan fingerprint density at radius 3 is 2.26 bits per heavy atom. The second-order valence-electron chi connectivity index (χ2n) is 5.50. The van der Waals surface area contributed by atoms with Crippen molar-refractivity contribution in [2.75, 3.05) is 6.54 Å². The fourth-order valence-corrected chi connectivity index (χ4v) is 1.80. The van der Waals surface area contributed by atoms with Gasteiger partial charge in [0.15, 0.2) is 5.11 Å². The molecule has 104 valence electrons. The summed E-state index contributed by atoms with van der Waals surface area (Å²) in [6.07, 6.45) is 0. The van der Waals surface area contributed by atoms with Gasteiger partial charge in [-0.05, 0) is 42.6 Å².